The molecule has 1 unspecified atom stereocenters. The summed E-state index contributed by atoms with van der Waals surface area (Å²) in [5, 5.41) is 3.48. The quantitative estimate of drug-likeness (QED) is 0.403. The summed E-state index contributed by atoms with van der Waals surface area (Å²) in [7, 11) is 3.93. The van der Waals surface area contributed by atoms with Crippen molar-refractivity contribution < 1.29 is 9.13 Å². The second-order valence-corrected chi connectivity index (χ2v) is 7.31. The topological polar surface area (TPSA) is 40.1 Å². The van der Waals surface area contributed by atoms with E-state index in [1.54, 1.807) is 0 Å². The molecule has 0 saturated carbocycles. The molecule has 2 aliphatic rings. The fraction of sp³-hybridized carbons (Fsp3) is 0.632. The Hall–Kier alpha value is -0.930. The van der Waals surface area contributed by atoms with Crippen molar-refractivity contribution in [3.8, 4) is 0 Å². The van der Waals surface area contributed by atoms with Crippen molar-refractivity contribution in [2.24, 2.45) is 10.4 Å². The Morgan fingerprint density at radius 1 is 1.35 bits per heavy atom. The zero-order valence-corrected chi connectivity index (χ0v) is 18.0. The van der Waals surface area contributed by atoms with Crippen LogP contribution in [-0.2, 0) is 11.3 Å². The zero-order chi connectivity index (χ0) is 17.7. The highest BCUT2D eigenvalue weighted by molar-refractivity contribution is 14.0. The third kappa shape index (κ3) is 5.53. The maximum absolute atomic E-state index is 13.0. The molecule has 2 fully saturated rings. The first-order valence-corrected chi connectivity index (χ1v) is 9.07. The third-order valence-corrected chi connectivity index (χ3v) is 5.28. The lowest BCUT2D eigenvalue weighted by Gasteiger charge is -2.25. The summed E-state index contributed by atoms with van der Waals surface area (Å²) < 4.78 is 18.6. The Balaban J connectivity index is 0.00000243. The molecule has 3 rings (SSSR count). The number of benzene rings is 1. The SMILES string of the molecule is CN=C(NCCN(C)Cc1ccc(F)cc1)N1CCC2(CCOC2)C1.I. The smallest absolute Gasteiger partial charge is 0.193 e. The van der Waals surface area contributed by atoms with Gasteiger partial charge in [0.15, 0.2) is 5.96 Å². The lowest BCUT2D eigenvalue weighted by molar-refractivity contribution is 0.156. The van der Waals surface area contributed by atoms with Crippen LogP contribution in [0.5, 0.6) is 0 Å². The standard InChI is InChI=1S/C19H29FN4O.HI/c1-21-18(24-10-7-19(14-24)8-12-25-15-19)22-9-11-23(2)13-16-3-5-17(20)6-4-16;/h3-6H,7-15H2,1-2H3,(H,21,22);1H. The van der Waals surface area contributed by atoms with Gasteiger partial charge in [0.05, 0.1) is 6.61 Å². The molecule has 0 aromatic heterocycles. The Morgan fingerprint density at radius 3 is 2.77 bits per heavy atom. The van der Waals surface area contributed by atoms with Crippen LogP contribution in [0.4, 0.5) is 4.39 Å². The number of aliphatic imine (C=N–C) groups is 1. The van der Waals surface area contributed by atoms with Crippen LogP contribution in [0.3, 0.4) is 0 Å². The molecule has 7 heteroatoms. The summed E-state index contributed by atoms with van der Waals surface area (Å²) in [6.45, 7) is 6.43. The van der Waals surface area contributed by atoms with Crippen LogP contribution in [-0.4, -0.2) is 69.2 Å². The Morgan fingerprint density at radius 2 is 2.12 bits per heavy atom. The first-order chi connectivity index (χ1) is 12.1. The van der Waals surface area contributed by atoms with E-state index in [0.717, 1.165) is 57.5 Å². The van der Waals surface area contributed by atoms with Crippen LogP contribution in [0.1, 0.15) is 18.4 Å². The van der Waals surface area contributed by atoms with Crippen LogP contribution in [0, 0.1) is 11.2 Å². The Bertz CT molecular complexity index is 590. The van der Waals surface area contributed by atoms with Gasteiger partial charge < -0.3 is 19.9 Å². The number of likely N-dealkylation sites (tertiary alicyclic amines) is 1. The van der Waals surface area contributed by atoms with E-state index in [4.69, 9.17) is 4.74 Å². The third-order valence-electron chi connectivity index (χ3n) is 5.28. The summed E-state index contributed by atoms with van der Waals surface area (Å²) in [4.78, 5) is 9.03. The maximum Gasteiger partial charge on any atom is 0.193 e. The minimum Gasteiger partial charge on any atom is -0.381 e. The molecule has 1 atom stereocenters. The normalized spacial score (nSPS) is 22.9. The van der Waals surface area contributed by atoms with Gasteiger partial charge in [0.1, 0.15) is 5.82 Å². The predicted octanol–water partition coefficient (Wildman–Crippen LogP) is 2.56. The van der Waals surface area contributed by atoms with Crippen molar-refractivity contribution in [2.45, 2.75) is 19.4 Å². The number of hydrogen-bond donors (Lipinski definition) is 1. The van der Waals surface area contributed by atoms with Gasteiger partial charge in [0.25, 0.3) is 0 Å². The van der Waals surface area contributed by atoms with E-state index >= 15 is 0 Å². The second kappa shape index (κ2) is 9.85. The predicted molar refractivity (Wildman–Crippen MR) is 114 cm³/mol. The summed E-state index contributed by atoms with van der Waals surface area (Å²) in [6, 6.07) is 6.70. The van der Waals surface area contributed by atoms with Crippen molar-refractivity contribution in [3.63, 3.8) is 0 Å². The molecule has 5 nitrogen and oxygen atoms in total. The van der Waals surface area contributed by atoms with E-state index < -0.39 is 0 Å². The van der Waals surface area contributed by atoms with Crippen LogP contribution in [0.25, 0.3) is 0 Å². The molecule has 0 radical (unpaired) electrons. The van der Waals surface area contributed by atoms with E-state index in [9.17, 15) is 4.39 Å². The summed E-state index contributed by atoms with van der Waals surface area (Å²) in [5.41, 5.74) is 1.47. The molecule has 0 bridgehead atoms. The molecule has 1 aromatic carbocycles. The Kier molecular flexibility index (Phi) is 8.09. The molecule has 1 N–H and O–H groups in total. The molecule has 2 aliphatic heterocycles. The lowest BCUT2D eigenvalue weighted by atomic mass is 9.87. The molecule has 0 aliphatic carbocycles. The van der Waals surface area contributed by atoms with E-state index in [0.29, 0.717) is 5.41 Å². The number of hydrogen-bond acceptors (Lipinski definition) is 3. The highest BCUT2D eigenvalue weighted by Gasteiger charge is 2.42. The highest BCUT2D eigenvalue weighted by Crippen LogP contribution is 2.38. The zero-order valence-electron chi connectivity index (χ0n) is 15.7. The molecule has 146 valence electrons. The van der Waals surface area contributed by atoms with Crippen LogP contribution >= 0.6 is 24.0 Å². The van der Waals surface area contributed by atoms with Gasteiger partial charge in [-0.2, -0.15) is 0 Å². The van der Waals surface area contributed by atoms with Gasteiger partial charge in [-0.15, -0.1) is 24.0 Å². The molecular weight excluding hydrogens is 446 g/mol. The van der Waals surface area contributed by atoms with Crippen molar-refractivity contribution in [1.29, 1.82) is 0 Å². The number of nitrogens with zero attached hydrogens (tertiary/aromatic N) is 3. The van der Waals surface area contributed by atoms with Crippen molar-refractivity contribution in [2.75, 3.05) is 53.5 Å². The largest absolute Gasteiger partial charge is 0.381 e. The average Bonchev–Trinajstić information content (AvgIpc) is 3.24. The van der Waals surface area contributed by atoms with E-state index in [1.807, 2.05) is 19.2 Å². The fourth-order valence-corrected chi connectivity index (χ4v) is 3.76. The van der Waals surface area contributed by atoms with Crippen molar-refractivity contribution in [3.05, 3.63) is 35.6 Å². The van der Waals surface area contributed by atoms with Crippen LogP contribution in [0.15, 0.2) is 29.3 Å². The van der Waals surface area contributed by atoms with Gasteiger partial charge in [0, 0.05) is 51.8 Å². The van der Waals surface area contributed by atoms with Crippen LogP contribution < -0.4 is 5.32 Å². The van der Waals surface area contributed by atoms with Gasteiger partial charge in [-0.05, 0) is 37.6 Å². The van der Waals surface area contributed by atoms with Gasteiger partial charge in [-0.25, -0.2) is 4.39 Å². The monoisotopic (exact) mass is 476 g/mol. The average molecular weight is 476 g/mol. The van der Waals surface area contributed by atoms with E-state index in [2.05, 4.69) is 27.2 Å². The van der Waals surface area contributed by atoms with Gasteiger partial charge >= 0.3 is 0 Å². The molecule has 26 heavy (non-hydrogen) atoms. The van der Waals surface area contributed by atoms with Crippen LogP contribution in [0.2, 0.25) is 0 Å². The molecular formula is C19H30FIN4O. The molecule has 2 saturated heterocycles. The van der Waals surface area contributed by atoms with E-state index in [-0.39, 0.29) is 29.8 Å². The lowest BCUT2D eigenvalue weighted by Crippen LogP contribution is -2.43. The fourth-order valence-electron chi connectivity index (χ4n) is 3.76. The number of guanidine groups is 1. The van der Waals surface area contributed by atoms with Gasteiger partial charge in [-0.3, -0.25) is 4.99 Å². The van der Waals surface area contributed by atoms with Gasteiger partial charge in [0.2, 0.25) is 0 Å². The molecule has 1 spiro atoms. The second-order valence-electron chi connectivity index (χ2n) is 7.31. The van der Waals surface area contributed by atoms with Crippen molar-refractivity contribution in [1.82, 2.24) is 15.1 Å². The first kappa shape index (κ1) is 21.4. The summed E-state index contributed by atoms with van der Waals surface area (Å²) >= 11 is 0. The van der Waals surface area contributed by atoms with Gasteiger partial charge in [-0.1, -0.05) is 12.1 Å². The number of rotatable bonds is 5. The minimum absolute atomic E-state index is 0. The van der Waals surface area contributed by atoms with E-state index in [1.165, 1.54) is 25.0 Å². The minimum atomic E-state index is -0.187. The Labute approximate surface area is 173 Å². The summed E-state index contributed by atoms with van der Waals surface area (Å²) in [5.74, 6) is 0.798. The number of nitrogens with one attached hydrogen (secondary N) is 1. The first-order valence-electron chi connectivity index (χ1n) is 9.07. The number of likely N-dealkylation sites (N-methyl/N-ethyl adjacent to an activating group) is 1. The molecule has 1 aromatic rings. The van der Waals surface area contributed by atoms with Crippen molar-refractivity contribution >= 4 is 29.9 Å². The molecule has 2 heterocycles. The maximum atomic E-state index is 13.0. The summed E-state index contributed by atoms with van der Waals surface area (Å²) in [6.07, 6.45) is 2.36. The number of halogens is 2. The molecule has 0 amide bonds. The number of ether oxygens (including phenoxy) is 1. The highest BCUT2D eigenvalue weighted by atomic mass is 127.